The van der Waals surface area contributed by atoms with Gasteiger partial charge >= 0.3 is 0 Å². The predicted molar refractivity (Wildman–Crippen MR) is 90.1 cm³/mol. The lowest BCUT2D eigenvalue weighted by molar-refractivity contribution is 0.0837. The Morgan fingerprint density at radius 3 is 2.83 bits per heavy atom. The van der Waals surface area contributed by atoms with Crippen molar-refractivity contribution < 1.29 is 14.6 Å². The highest BCUT2D eigenvalue weighted by atomic mass is 16.5. The first-order valence-corrected chi connectivity index (χ1v) is 8.45. The molecule has 6 nitrogen and oxygen atoms in total. The first-order valence-electron chi connectivity index (χ1n) is 8.45. The molecule has 1 aromatic heterocycles. The molecule has 1 fully saturated rings. The maximum absolute atomic E-state index is 12.8. The van der Waals surface area contributed by atoms with Gasteiger partial charge in [-0.05, 0) is 44.2 Å². The Morgan fingerprint density at radius 1 is 1.46 bits per heavy atom. The van der Waals surface area contributed by atoms with Crippen LogP contribution in [-0.2, 0) is 11.3 Å². The number of ether oxygens (including phenoxy) is 1. The van der Waals surface area contributed by atoms with E-state index >= 15 is 0 Å². The topological polar surface area (TPSA) is 80.6 Å². The standard InChI is InChI=1S/C18H24N2O4/c1-13-6-9-20(11-14-5-4-10-24-14)17(23)15(13)16(22)19-18(12-21)7-2-3-8-18/h2-3,6,9,14,21H,4-5,7-8,10-12H2,1H3,(H,19,22). The van der Waals surface area contributed by atoms with Crippen molar-refractivity contribution in [1.29, 1.82) is 0 Å². The number of carbonyl (C=O) groups is 1. The Morgan fingerprint density at radius 2 is 2.21 bits per heavy atom. The van der Waals surface area contributed by atoms with Crippen LogP contribution in [-0.4, -0.2) is 40.4 Å². The summed E-state index contributed by atoms with van der Waals surface area (Å²) in [5.74, 6) is -0.419. The van der Waals surface area contributed by atoms with Crippen molar-refractivity contribution in [2.75, 3.05) is 13.2 Å². The number of hydrogen-bond acceptors (Lipinski definition) is 4. The molecule has 2 N–H and O–H groups in total. The van der Waals surface area contributed by atoms with Gasteiger partial charge in [-0.25, -0.2) is 0 Å². The zero-order chi connectivity index (χ0) is 17.2. The number of rotatable bonds is 5. The average Bonchev–Trinajstić information content (AvgIpc) is 3.22. The van der Waals surface area contributed by atoms with E-state index in [0.29, 0.717) is 24.9 Å². The Labute approximate surface area is 141 Å². The lowest BCUT2D eigenvalue weighted by Crippen LogP contribution is -2.51. The van der Waals surface area contributed by atoms with Crippen molar-refractivity contribution in [2.24, 2.45) is 0 Å². The van der Waals surface area contributed by atoms with Crippen LogP contribution in [0.4, 0.5) is 0 Å². The molecule has 2 heterocycles. The molecule has 1 aliphatic heterocycles. The van der Waals surface area contributed by atoms with E-state index in [-0.39, 0.29) is 23.8 Å². The summed E-state index contributed by atoms with van der Waals surface area (Å²) < 4.78 is 7.13. The smallest absolute Gasteiger partial charge is 0.263 e. The van der Waals surface area contributed by atoms with Gasteiger partial charge in [0.05, 0.1) is 24.8 Å². The molecule has 1 aliphatic carbocycles. The minimum atomic E-state index is -0.689. The Balaban J connectivity index is 1.83. The van der Waals surface area contributed by atoms with Gasteiger partial charge in [0.25, 0.3) is 11.5 Å². The molecule has 0 saturated carbocycles. The van der Waals surface area contributed by atoms with E-state index in [1.54, 1.807) is 23.8 Å². The summed E-state index contributed by atoms with van der Waals surface area (Å²) in [6, 6.07) is 1.78. The molecule has 1 unspecified atom stereocenters. The van der Waals surface area contributed by atoms with Gasteiger partial charge in [-0.3, -0.25) is 9.59 Å². The maximum atomic E-state index is 12.8. The molecule has 6 heteroatoms. The zero-order valence-electron chi connectivity index (χ0n) is 14.0. The normalized spacial score (nSPS) is 22.0. The van der Waals surface area contributed by atoms with Gasteiger partial charge in [-0.1, -0.05) is 12.2 Å². The van der Waals surface area contributed by atoms with Gasteiger partial charge in [0, 0.05) is 12.8 Å². The van der Waals surface area contributed by atoms with Crippen LogP contribution in [0.2, 0.25) is 0 Å². The average molecular weight is 332 g/mol. The van der Waals surface area contributed by atoms with Gasteiger partial charge in [-0.2, -0.15) is 0 Å². The van der Waals surface area contributed by atoms with E-state index in [4.69, 9.17) is 4.74 Å². The third-order valence-electron chi connectivity index (χ3n) is 4.89. The number of nitrogens with zero attached hydrogens (tertiary/aromatic N) is 1. The Hall–Kier alpha value is -1.92. The molecule has 2 aliphatic rings. The van der Waals surface area contributed by atoms with E-state index < -0.39 is 11.4 Å². The van der Waals surface area contributed by atoms with E-state index in [2.05, 4.69) is 5.32 Å². The third kappa shape index (κ3) is 3.30. The fraction of sp³-hybridized carbons (Fsp3) is 0.556. The quantitative estimate of drug-likeness (QED) is 0.793. The van der Waals surface area contributed by atoms with Crippen LogP contribution < -0.4 is 10.9 Å². The SMILES string of the molecule is Cc1ccn(CC2CCCO2)c(=O)c1C(=O)NC1(CO)CC=CC1. The van der Waals surface area contributed by atoms with Crippen LogP contribution in [0.5, 0.6) is 0 Å². The minimum absolute atomic E-state index is 0.0316. The van der Waals surface area contributed by atoms with Crippen molar-refractivity contribution in [2.45, 2.75) is 50.8 Å². The summed E-state index contributed by atoms with van der Waals surface area (Å²) in [6.07, 6.45) is 8.70. The highest BCUT2D eigenvalue weighted by molar-refractivity contribution is 5.95. The number of aryl methyl sites for hydroxylation is 1. The summed E-state index contributed by atoms with van der Waals surface area (Å²) >= 11 is 0. The van der Waals surface area contributed by atoms with Crippen LogP contribution in [0, 0.1) is 6.92 Å². The highest BCUT2D eigenvalue weighted by Gasteiger charge is 2.33. The van der Waals surface area contributed by atoms with Crippen molar-refractivity contribution in [3.8, 4) is 0 Å². The third-order valence-corrected chi connectivity index (χ3v) is 4.89. The minimum Gasteiger partial charge on any atom is -0.394 e. The summed E-state index contributed by atoms with van der Waals surface area (Å²) in [6.45, 7) is 2.80. The molecular formula is C18H24N2O4. The van der Waals surface area contributed by atoms with Gasteiger partial charge in [0.2, 0.25) is 0 Å². The second-order valence-corrected chi connectivity index (χ2v) is 6.74. The lowest BCUT2D eigenvalue weighted by atomic mass is 9.97. The van der Waals surface area contributed by atoms with Crippen LogP contribution in [0.3, 0.4) is 0 Å². The van der Waals surface area contributed by atoms with Crippen molar-refractivity contribution >= 4 is 5.91 Å². The molecule has 1 saturated heterocycles. The van der Waals surface area contributed by atoms with Gasteiger partial charge < -0.3 is 19.7 Å². The number of nitrogens with one attached hydrogen (secondary N) is 1. The molecule has 1 atom stereocenters. The van der Waals surface area contributed by atoms with E-state index in [0.717, 1.165) is 19.4 Å². The molecule has 1 amide bonds. The summed E-state index contributed by atoms with van der Waals surface area (Å²) in [7, 11) is 0. The molecule has 130 valence electrons. The van der Waals surface area contributed by atoms with Crippen LogP contribution in [0.15, 0.2) is 29.2 Å². The van der Waals surface area contributed by atoms with Crippen LogP contribution in [0.25, 0.3) is 0 Å². The molecule has 24 heavy (non-hydrogen) atoms. The van der Waals surface area contributed by atoms with Crippen molar-refractivity contribution in [3.05, 3.63) is 45.9 Å². The fourth-order valence-electron chi connectivity index (χ4n) is 3.37. The number of aliphatic hydroxyl groups is 1. The zero-order valence-corrected chi connectivity index (χ0v) is 14.0. The molecule has 0 radical (unpaired) electrons. The summed E-state index contributed by atoms with van der Waals surface area (Å²) in [5, 5.41) is 12.5. The molecule has 1 aromatic rings. The summed E-state index contributed by atoms with van der Waals surface area (Å²) in [5.41, 5.74) is -0.206. The molecule has 0 bridgehead atoms. The van der Waals surface area contributed by atoms with E-state index in [1.807, 2.05) is 12.2 Å². The first-order chi connectivity index (χ1) is 11.5. The van der Waals surface area contributed by atoms with Crippen molar-refractivity contribution in [3.63, 3.8) is 0 Å². The summed E-state index contributed by atoms with van der Waals surface area (Å²) in [4.78, 5) is 25.5. The molecule has 0 aromatic carbocycles. The number of hydrogen-bond donors (Lipinski definition) is 2. The predicted octanol–water partition coefficient (Wildman–Crippen LogP) is 1.15. The molecular weight excluding hydrogens is 308 g/mol. The lowest BCUT2D eigenvalue weighted by Gasteiger charge is -2.28. The molecule has 3 rings (SSSR count). The monoisotopic (exact) mass is 332 g/mol. The number of aromatic nitrogens is 1. The first kappa shape index (κ1) is 16.9. The number of pyridine rings is 1. The number of carbonyl (C=O) groups excluding carboxylic acids is 1. The van der Waals surface area contributed by atoms with E-state index in [1.165, 1.54) is 0 Å². The highest BCUT2D eigenvalue weighted by Crippen LogP contribution is 2.23. The van der Waals surface area contributed by atoms with Gasteiger partial charge in [-0.15, -0.1) is 0 Å². The second kappa shape index (κ2) is 6.91. The van der Waals surface area contributed by atoms with Gasteiger partial charge in [0.15, 0.2) is 0 Å². The Kier molecular flexibility index (Phi) is 4.87. The van der Waals surface area contributed by atoms with Crippen molar-refractivity contribution in [1.82, 2.24) is 9.88 Å². The molecule has 0 spiro atoms. The fourth-order valence-corrected chi connectivity index (χ4v) is 3.37. The Bertz CT molecular complexity index is 693. The number of amides is 1. The van der Waals surface area contributed by atoms with Gasteiger partial charge in [0.1, 0.15) is 5.56 Å². The maximum Gasteiger partial charge on any atom is 0.263 e. The van der Waals surface area contributed by atoms with E-state index in [9.17, 15) is 14.7 Å². The van der Waals surface area contributed by atoms with Crippen LogP contribution in [0.1, 0.15) is 41.6 Å². The second-order valence-electron chi connectivity index (χ2n) is 6.74. The van der Waals surface area contributed by atoms with Crippen LogP contribution >= 0.6 is 0 Å². The number of aliphatic hydroxyl groups excluding tert-OH is 1. The largest absolute Gasteiger partial charge is 0.394 e.